The number of amides is 1. The van der Waals surface area contributed by atoms with E-state index < -0.39 is 18.5 Å². The maximum Gasteiger partial charge on any atom is 0.387 e. The van der Waals surface area contributed by atoms with E-state index in [1.807, 2.05) is 6.07 Å². The topological polar surface area (TPSA) is 75.6 Å². The summed E-state index contributed by atoms with van der Waals surface area (Å²) < 4.78 is 29.3. The molecule has 0 aliphatic carbocycles. The number of anilines is 1. The molecule has 0 unspecified atom stereocenters. The lowest BCUT2D eigenvalue weighted by molar-refractivity contribution is -0.133. The van der Waals surface area contributed by atoms with Crippen LogP contribution in [0.3, 0.4) is 0 Å². The number of benzene rings is 1. The number of nitrogens with one attached hydrogen (secondary N) is 1. The Hall–Kier alpha value is -2.13. The van der Waals surface area contributed by atoms with Crippen molar-refractivity contribution < 1.29 is 28.2 Å². The van der Waals surface area contributed by atoms with Gasteiger partial charge in [-0.3, -0.25) is 9.59 Å². The lowest BCUT2D eigenvalue weighted by Gasteiger charge is -2.08. The minimum atomic E-state index is -3.00. The second-order valence-corrected chi connectivity index (χ2v) is 7.21. The SMILES string of the molecule is Cc1cc(OC(F)F)c(C(=O)Nc2cccc(CSCC(=O)O)c2)s1. The van der Waals surface area contributed by atoms with Crippen molar-refractivity contribution in [1.82, 2.24) is 0 Å². The van der Waals surface area contributed by atoms with Crippen LogP contribution in [0.15, 0.2) is 30.3 Å². The molecule has 0 aliphatic rings. The molecule has 0 bridgehead atoms. The number of rotatable bonds is 8. The number of carboxylic acid groups (broad SMARTS) is 1. The number of carboxylic acids is 1. The lowest BCUT2D eigenvalue weighted by atomic mass is 10.2. The van der Waals surface area contributed by atoms with Crippen LogP contribution in [0.1, 0.15) is 20.1 Å². The maximum absolute atomic E-state index is 12.4. The van der Waals surface area contributed by atoms with Gasteiger partial charge >= 0.3 is 12.6 Å². The van der Waals surface area contributed by atoms with E-state index in [0.717, 1.165) is 16.9 Å². The fraction of sp³-hybridized carbons (Fsp3) is 0.250. The first-order chi connectivity index (χ1) is 11.8. The van der Waals surface area contributed by atoms with Gasteiger partial charge in [0, 0.05) is 16.3 Å². The average molecular weight is 387 g/mol. The predicted molar refractivity (Wildman–Crippen MR) is 93.9 cm³/mol. The van der Waals surface area contributed by atoms with Crippen LogP contribution in [0.2, 0.25) is 0 Å². The molecule has 1 amide bonds. The summed E-state index contributed by atoms with van der Waals surface area (Å²) in [7, 11) is 0. The first-order valence-electron chi connectivity index (χ1n) is 7.10. The molecular formula is C16H15F2NO4S2. The molecule has 0 atom stereocenters. The Bertz CT molecular complexity index is 764. The number of carbonyl (C=O) groups is 2. The van der Waals surface area contributed by atoms with Gasteiger partial charge in [0.2, 0.25) is 0 Å². The molecule has 1 aromatic carbocycles. The third-order valence-electron chi connectivity index (χ3n) is 2.92. The van der Waals surface area contributed by atoms with E-state index >= 15 is 0 Å². The van der Waals surface area contributed by atoms with Crippen molar-refractivity contribution in [2.24, 2.45) is 0 Å². The number of halogens is 2. The van der Waals surface area contributed by atoms with Crippen LogP contribution in [0, 0.1) is 6.92 Å². The van der Waals surface area contributed by atoms with E-state index in [1.165, 1.54) is 17.8 Å². The summed E-state index contributed by atoms with van der Waals surface area (Å²) in [4.78, 5) is 23.6. The zero-order valence-corrected chi connectivity index (χ0v) is 14.8. The minimum absolute atomic E-state index is 0.0145. The summed E-state index contributed by atoms with van der Waals surface area (Å²) >= 11 is 2.30. The van der Waals surface area contributed by atoms with Crippen LogP contribution < -0.4 is 10.1 Å². The summed E-state index contributed by atoms with van der Waals surface area (Å²) in [5.74, 6) is -1.12. The van der Waals surface area contributed by atoms with E-state index in [-0.39, 0.29) is 16.4 Å². The van der Waals surface area contributed by atoms with Gasteiger partial charge in [0.05, 0.1) is 5.75 Å². The molecule has 2 rings (SSSR count). The fourth-order valence-electron chi connectivity index (χ4n) is 2.02. The average Bonchev–Trinajstić information content (AvgIpc) is 2.87. The van der Waals surface area contributed by atoms with Crippen LogP contribution >= 0.6 is 23.1 Å². The molecule has 0 radical (unpaired) electrons. The van der Waals surface area contributed by atoms with E-state index in [9.17, 15) is 18.4 Å². The molecule has 0 fully saturated rings. The summed E-state index contributed by atoms with van der Waals surface area (Å²) in [6.07, 6.45) is 0. The van der Waals surface area contributed by atoms with Crippen molar-refractivity contribution in [1.29, 1.82) is 0 Å². The van der Waals surface area contributed by atoms with Gasteiger partial charge in [0.1, 0.15) is 10.6 Å². The Balaban J connectivity index is 2.07. The fourth-order valence-corrected chi connectivity index (χ4v) is 3.55. The van der Waals surface area contributed by atoms with Crippen LogP contribution in [0.4, 0.5) is 14.5 Å². The van der Waals surface area contributed by atoms with Crippen molar-refractivity contribution in [2.75, 3.05) is 11.1 Å². The van der Waals surface area contributed by atoms with Gasteiger partial charge in [-0.15, -0.1) is 23.1 Å². The largest absolute Gasteiger partial charge is 0.481 e. The quantitative estimate of drug-likeness (QED) is 0.709. The Kier molecular flexibility index (Phi) is 6.77. The highest BCUT2D eigenvalue weighted by Gasteiger charge is 2.19. The molecule has 25 heavy (non-hydrogen) atoms. The number of carbonyl (C=O) groups excluding carboxylic acids is 1. The van der Waals surface area contributed by atoms with Gasteiger partial charge in [-0.1, -0.05) is 12.1 Å². The highest BCUT2D eigenvalue weighted by molar-refractivity contribution is 7.99. The highest BCUT2D eigenvalue weighted by atomic mass is 32.2. The number of aryl methyl sites for hydroxylation is 1. The van der Waals surface area contributed by atoms with Crippen molar-refractivity contribution in [3.63, 3.8) is 0 Å². The lowest BCUT2D eigenvalue weighted by Crippen LogP contribution is -2.13. The highest BCUT2D eigenvalue weighted by Crippen LogP contribution is 2.31. The van der Waals surface area contributed by atoms with Crippen molar-refractivity contribution in [3.05, 3.63) is 45.6 Å². The Morgan fingerprint density at radius 3 is 2.80 bits per heavy atom. The second kappa shape index (κ2) is 8.82. The molecular weight excluding hydrogens is 372 g/mol. The van der Waals surface area contributed by atoms with Gasteiger partial charge in [-0.25, -0.2) is 0 Å². The summed E-state index contributed by atoms with van der Waals surface area (Å²) in [6.45, 7) is -1.31. The van der Waals surface area contributed by atoms with Gasteiger partial charge < -0.3 is 15.2 Å². The molecule has 0 saturated heterocycles. The van der Waals surface area contributed by atoms with E-state index in [0.29, 0.717) is 16.3 Å². The first kappa shape index (κ1) is 19.2. The van der Waals surface area contributed by atoms with Gasteiger partial charge in [0.15, 0.2) is 0 Å². The number of alkyl halides is 2. The molecule has 9 heteroatoms. The second-order valence-electron chi connectivity index (χ2n) is 4.97. The third kappa shape index (κ3) is 6.02. The number of aliphatic carboxylic acids is 1. The zero-order valence-electron chi connectivity index (χ0n) is 13.1. The summed E-state index contributed by atoms with van der Waals surface area (Å²) in [5, 5.41) is 11.3. The Labute approximate surface area is 151 Å². The van der Waals surface area contributed by atoms with Crippen molar-refractivity contribution in [2.45, 2.75) is 19.3 Å². The number of thioether (sulfide) groups is 1. The molecule has 1 aromatic heterocycles. The maximum atomic E-state index is 12.4. The minimum Gasteiger partial charge on any atom is -0.481 e. The first-order valence-corrected chi connectivity index (χ1v) is 9.07. The van der Waals surface area contributed by atoms with E-state index in [4.69, 9.17) is 5.11 Å². The van der Waals surface area contributed by atoms with Crippen molar-refractivity contribution in [3.8, 4) is 5.75 Å². The Morgan fingerprint density at radius 2 is 2.12 bits per heavy atom. The Morgan fingerprint density at radius 1 is 1.36 bits per heavy atom. The van der Waals surface area contributed by atoms with Crippen LogP contribution in [-0.2, 0) is 10.5 Å². The van der Waals surface area contributed by atoms with Crippen LogP contribution in [-0.4, -0.2) is 29.3 Å². The molecule has 5 nitrogen and oxygen atoms in total. The molecule has 134 valence electrons. The summed E-state index contributed by atoms with van der Waals surface area (Å²) in [5.41, 5.74) is 1.34. The number of hydrogen-bond donors (Lipinski definition) is 2. The smallest absolute Gasteiger partial charge is 0.387 e. The van der Waals surface area contributed by atoms with Gasteiger partial charge in [-0.2, -0.15) is 8.78 Å². The van der Waals surface area contributed by atoms with Crippen LogP contribution in [0.5, 0.6) is 5.75 Å². The molecule has 2 N–H and O–H groups in total. The normalized spacial score (nSPS) is 10.7. The third-order valence-corrected chi connectivity index (χ3v) is 4.94. The van der Waals surface area contributed by atoms with E-state index in [2.05, 4.69) is 10.1 Å². The standard InChI is InChI=1S/C16H15F2NO4S2/c1-9-5-12(23-16(17)18)14(25-9)15(22)19-11-4-2-3-10(6-11)7-24-8-13(20)21/h2-6,16H,7-8H2,1H3,(H,19,22)(H,20,21). The molecule has 0 aliphatic heterocycles. The van der Waals surface area contributed by atoms with E-state index in [1.54, 1.807) is 25.1 Å². The van der Waals surface area contributed by atoms with Gasteiger partial charge in [-0.05, 0) is 30.7 Å². The zero-order chi connectivity index (χ0) is 18.4. The molecule has 0 saturated carbocycles. The predicted octanol–water partition coefficient (Wildman–Crippen LogP) is 4.23. The number of ether oxygens (including phenoxy) is 1. The summed E-state index contributed by atoms with van der Waals surface area (Å²) in [6, 6.07) is 8.30. The molecule has 0 spiro atoms. The number of hydrogen-bond acceptors (Lipinski definition) is 5. The van der Waals surface area contributed by atoms with Crippen molar-refractivity contribution >= 4 is 40.7 Å². The number of thiophene rings is 1. The van der Waals surface area contributed by atoms with Gasteiger partial charge in [0.25, 0.3) is 5.91 Å². The molecule has 1 heterocycles. The van der Waals surface area contributed by atoms with Crippen LogP contribution in [0.25, 0.3) is 0 Å². The molecule has 2 aromatic rings. The monoisotopic (exact) mass is 387 g/mol.